The third-order valence-electron chi connectivity index (χ3n) is 3.70. The molecule has 0 amide bonds. The molecule has 100 valence electrons. The van der Waals surface area contributed by atoms with E-state index in [0.717, 1.165) is 17.4 Å². The van der Waals surface area contributed by atoms with Crippen LogP contribution in [-0.4, -0.2) is 30.8 Å². The lowest BCUT2D eigenvalue weighted by Gasteiger charge is -2.22. The minimum absolute atomic E-state index is 0.329. The van der Waals surface area contributed by atoms with Gasteiger partial charge in [0.05, 0.1) is 5.60 Å². The van der Waals surface area contributed by atoms with Crippen molar-refractivity contribution in [3.63, 3.8) is 0 Å². The first-order valence-electron chi connectivity index (χ1n) is 6.37. The number of hydrogen-bond donors (Lipinski definition) is 2. The third-order valence-corrected chi connectivity index (χ3v) is 4.39. The van der Waals surface area contributed by atoms with E-state index in [1.54, 1.807) is 0 Å². The van der Waals surface area contributed by atoms with E-state index in [1.807, 2.05) is 14.0 Å². The SMILES string of the molecule is CNC(C)c1ccc(N2CCC(C)(O)C2)cc1Br. The van der Waals surface area contributed by atoms with Crippen LogP contribution in [0.25, 0.3) is 0 Å². The summed E-state index contributed by atoms with van der Waals surface area (Å²) in [5.74, 6) is 0. The van der Waals surface area contributed by atoms with Crippen molar-refractivity contribution in [2.24, 2.45) is 0 Å². The molecule has 2 N–H and O–H groups in total. The molecule has 1 heterocycles. The number of anilines is 1. The third kappa shape index (κ3) is 2.87. The molecular weight excluding hydrogens is 292 g/mol. The molecule has 2 rings (SSSR count). The Kier molecular flexibility index (Phi) is 3.99. The van der Waals surface area contributed by atoms with Crippen LogP contribution < -0.4 is 10.2 Å². The molecule has 0 saturated carbocycles. The normalized spacial score (nSPS) is 25.5. The molecule has 0 aromatic heterocycles. The van der Waals surface area contributed by atoms with Crippen molar-refractivity contribution in [1.82, 2.24) is 5.32 Å². The van der Waals surface area contributed by atoms with E-state index in [4.69, 9.17) is 0 Å². The highest BCUT2D eigenvalue weighted by molar-refractivity contribution is 9.10. The van der Waals surface area contributed by atoms with Gasteiger partial charge in [-0.05, 0) is 45.0 Å². The lowest BCUT2D eigenvalue weighted by Crippen LogP contribution is -2.29. The minimum Gasteiger partial charge on any atom is -0.388 e. The number of hydrogen-bond acceptors (Lipinski definition) is 3. The largest absolute Gasteiger partial charge is 0.388 e. The molecule has 1 aliphatic heterocycles. The van der Waals surface area contributed by atoms with Crippen LogP contribution in [0.4, 0.5) is 5.69 Å². The predicted molar refractivity (Wildman–Crippen MR) is 79.1 cm³/mol. The van der Waals surface area contributed by atoms with Gasteiger partial charge in [-0.15, -0.1) is 0 Å². The zero-order chi connectivity index (χ0) is 13.3. The van der Waals surface area contributed by atoms with Gasteiger partial charge in [-0.25, -0.2) is 0 Å². The van der Waals surface area contributed by atoms with E-state index < -0.39 is 5.60 Å². The van der Waals surface area contributed by atoms with E-state index >= 15 is 0 Å². The van der Waals surface area contributed by atoms with Crippen LogP contribution >= 0.6 is 15.9 Å². The van der Waals surface area contributed by atoms with Crippen LogP contribution in [0.5, 0.6) is 0 Å². The molecule has 1 aromatic carbocycles. The van der Waals surface area contributed by atoms with Gasteiger partial charge in [-0.2, -0.15) is 0 Å². The number of benzene rings is 1. The van der Waals surface area contributed by atoms with Crippen molar-refractivity contribution in [3.05, 3.63) is 28.2 Å². The summed E-state index contributed by atoms with van der Waals surface area (Å²) in [4.78, 5) is 2.23. The predicted octanol–water partition coefficient (Wildman–Crippen LogP) is 2.69. The molecule has 4 heteroatoms. The average Bonchev–Trinajstić information content (AvgIpc) is 2.68. The fourth-order valence-corrected chi connectivity index (χ4v) is 3.09. The summed E-state index contributed by atoms with van der Waals surface area (Å²) in [6.45, 7) is 5.67. The quantitative estimate of drug-likeness (QED) is 0.901. The van der Waals surface area contributed by atoms with Gasteiger partial charge >= 0.3 is 0 Å². The Hall–Kier alpha value is -0.580. The maximum absolute atomic E-state index is 10.0. The van der Waals surface area contributed by atoms with Crippen LogP contribution in [0.15, 0.2) is 22.7 Å². The molecule has 0 aliphatic carbocycles. The van der Waals surface area contributed by atoms with Gasteiger partial charge in [0.2, 0.25) is 0 Å². The zero-order valence-corrected chi connectivity index (χ0v) is 12.8. The fraction of sp³-hybridized carbons (Fsp3) is 0.571. The van der Waals surface area contributed by atoms with Crippen LogP contribution in [0, 0.1) is 0 Å². The van der Waals surface area contributed by atoms with Crippen LogP contribution in [0.2, 0.25) is 0 Å². The monoisotopic (exact) mass is 312 g/mol. The van der Waals surface area contributed by atoms with Crippen molar-refractivity contribution in [2.75, 3.05) is 25.0 Å². The summed E-state index contributed by atoms with van der Waals surface area (Å²) in [5.41, 5.74) is 1.88. The van der Waals surface area contributed by atoms with Gasteiger partial charge < -0.3 is 15.3 Å². The molecule has 2 atom stereocenters. The molecular formula is C14H21BrN2O. The van der Waals surface area contributed by atoms with Gasteiger partial charge in [-0.1, -0.05) is 22.0 Å². The highest BCUT2D eigenvalue weighted by Crippen LogP contribution is 2.31. The van der Waals surface area contributed by atoms with Gasteiger partial charge in [0.25, 0.3) is 0 Å². The maximum atomic E-state index is 10.0. The number of β-amino-alcohol motifs (C(OH)–C–C–N with tert-alkyl or cyclic N) is 1. The zero-order valence-electron chi connectivity index (χ0n) is 11.2. The standard InChI is InChI=1S/C14H21BrN2O/c1-10(16-3)12-5-4-11(8-13(12)15)17-7-6-14(2,18)9-17/h4-5,8,10,16,18H,6-7,9H2,1-3H3. The summed E-state index contributed by atoms with van der Waals surface area (Å²) >= 11 is 3.63. The number of halogens is 1. The highest BCUT2D eigenvalue weighted by Gasteiger charge is 2.31. The Morgan fingerprint density at radius 2 is 2.22 bits per heavy atom. The van der Waals surface area contributed by atoms with E-state index in [-0.39, 0.29) is 0 Å². The second kappa shape index (κ2) is 5.19. The first-order chi connectivity index (χ1) is 8.43. The first-order valence-corrected chi connectivity index (χ1v) is 7.16. The maximum Gasteiger partial charge on any atom is 0.0810 e. The summed E-state index contributed by atoms with van der Waals surface area (Å²) in [7, 11) is 1.96. The Labute approximate surface area is 117 Å². The number of aliphatic hydroxyl groups is 1. The Morgan fingerprint density at radius 3 is 2.72 bits per heavy atom. The van der Waals surface area contributed by atoms with Gasteiger partial charge in [-0.3, -0.25) is 0 Å². The number of rotatable bonds is 3. The van der Waals surface area contributed by atoms with Crippen molar-refractivity contribution < 1.29 is 5.11 Å². The van der Waals surface area contributed by atoms with E-state index in [1.165, 1.54) is 11.3 Å². The molecule has 1 aromatic rings. The average molecular weight is 313 g/mol. The lowest BCUT2D eigenvalue weighted by molar-refractivity contribution is 0.0839. The molecule has 2 unspecified atom stereocenters. The summed E-state index contributed by atoms with van der Waals surface area (Å²) in [5, 5.41) is 13.3. The van der Waals surface area contributed by atoms with Gasteiger partial charge in [0.1, 0.15) is 0 Å². The lowest BCUT2D eigenvalue weighted by atomic mass is 10.1. The Balaban J connectivity index is 2.19. The van der Waals surface area contributed by atoms with Gasteiger partial charge in [0, 0.05) is 29.3 Å². The van der Waals surface area contributed by atoms with Crippen LogP contribution in [-0.2, 0) is 0 Å². The molecule has 1 aliphatic rings. The minimum atomic E-state index is -0.552. The highest BCUT2D eigenvalue weighted by atomic mass is 79.9. The topological polar surface area (TPSA) is 35.5 Å². The summed E-state index contributed by atoms with van der Waals surface area (Å²) in [6.07, 6.45) is 0.833. The molecule has 0 bridgehead atoms. The smallest absolute Gasteiger partial charge is 0.0810 e. The number of nitrogens with one attached hydrogen (secondary N) is 1. The van der Waals surface area contributed by atoms with Crippen LogP contribution in [0.3, 0.4) is 0 Å². The summed E-state index contributed by atoms with van der Waals surface area (Å²) in [6, 6.07) is 6.75. The first kappa shape index (κ1) is 13.8. The van der Waals surface area contributed by atoms with Gasteiger partial charge in [0.15, 0.2) is 0 Å². The Morgan fingerprint density at radius 1 is 1.50 bits per heavy atom. The molecule has 1 saturated heterocycles. The molecule has 0 spiro atoms. The molecule has 3 nitrogen and oxygen atoms in total. The van der Waals surface area contributed by atoms with E-state index in [2.05, 4.69) is 51.3 Å². The second-order valence-corrected chi connectivity index (χ2v) is 6.24. The molecule has 18 heavy (non-hydrogen) atoms. The second-order valence-electron chi connectivity index (χ2n) is 5.38. The van der Waals surface area contributed by atoms with Crippen LogP contribution in [0.1, 0.15) is 31.9 Å². The van der Waals surface area contributed by atoms with Crippen molar-refractivity contribution in [1.29, 1.82) is 0 Å². The van der Waals surface area contributed by atoms with E-state index in [0.29, 0.717) is 12.6 Å². The van der Waals surface area contributed by atoms with Crippen molar-refractivity contribution in [3.8, 4) is 0 Å². The fourth-order valence-electron chi connectivity index (χ4n) is 2.38. The van der Waals surface area contributed by atoms with Crippen molar-refractivity contribution >= 4 is 21.6 Å². The van der Waals surface area contributed by atoms with E-state index in [9.17, 15) is 5.11 Å². The number of nitrogens with zero attached hydrogens (tertiary/aromatic N) is 1. The molecule has 1 fully saturated rings. The molecule has 0 radical (unpaired) electrons. The summed E-state index contributed by atoms with van der Waals surface area (Å²) < 4.78 is 1.12. The van der Waals surface area contributed by atoms with Crippen molar-refractivity contribution in [2.45, 2.75) is 31.9 Å². The Bertz CT molecular complexity index is 434.